The Hall–Kier alpha value is -1.34. The molecule has 0 amide bonds. The number of nitrogens with zero attached hydrogens (tertiary/aromatic N) is 2. The van der Waals surface area contributed by atoms with E-state index in [1.807, 2.05) is 18.7 Å². The number of nitrogens with one attached hydrogen (secondary N) is 1. The maximum absolute atomic E-state index is 11.2. The fourth-order valence-electron chi connectivity index (χ4n) is 1.67. The van der Waals surface area contributed by atoms with Crippen LogP contribution >= 0.6 is 12.4 Å². The number of halogens is 1. The van der Waals surface area contributed by atoms with Crippen LogP contribution in [0, 0.1) is 4.91 Å². The molecular formula is C11H18ClN3O3S. The number of benzene rings is 1. The smallest absolute Gasteiger partial charge is 0.229 e. The zero-order valence-corrected chi connectivity index (χ0v) is 12.7. The molecule has 0 saturated carbocycles. The van der Waals surface area contributed by atoms with Crippen LogP contribution in [-0.2, 0) is 10.0 Å². The summed E-state index contributed by atoms with van der Waals surface area (Å²) in [4.78, 5) is 12.7. The first-order chi connectivity index (χ1) is 8.41. The Balaban J connectivity index is 0.00000324. The van der Waals surface area contributed by atoms with Gasteiger partial charge in [0.2, 0.25) is 10.0 Å². The molecule has 1 aromatic carbocycles. The van der Waals surface area contributed by atoms with Crippen LogP contribution in [0.2, 0.25) is 0 Å². The van der Waals surface area contributed by atoms with E-state index in [1.54, 1.807) is 12.1 Å². The normalized spacial score (nSPS) is 10.5. The topological polar surface area (TPSA) is 78.8 Å². The molecule has 0 saturated heterocycles. The van der Waals surface area contributed by atoms with Gasteiger partial charge in [-0.05, 0) is 37.2 Å². The quantitative estimate of drug-likeness (QED) is 0.820. The van der Waals surface area contributed by atoms with E-state index in [-0.39, 0.29) is 23.8 Å². The van der Waals surface area contributed by atoms with Gasteiger partial charge in [0.1, 0.15) is 5.69 Å². The van der Waals surface area contributed by atoms with Crippen LogP contribution in [-0.4, -0.2) is 27.8 Å². The number of hydrogen-bond donors (Lipinski definition) is 1. The second-order valence-electron chi connectivity index (χ2n) is 3.84. The van der Waals surface area contributed by atoms with Gasteiger partial charge in [-0.2, -0.15) is 0 Å². The molecule has 0 aromatic heterocycles. The van der Waals surface area contributed by atoms with Crippen molar-refractivity contribution < 1.29 is 8.42 Å². The third-order valence-electron chi connectivity index (χ3n) is 2.50. The van der Waals surface area contributed by atoms with E-state index >= 15 is 0 Å². The van der Waals surface area contributed by atoms with Crippen LogP contribution in [0.25, 0.3) is 0 Å². The van der Waals surface area contributed by atoms with Crippen molar-refractivity contribution >= 4 is 39.5 Å². The molecule has 6 nitrogen and oxygen atoms in total. The highest BCUT2D eigenvalue weighted by Crippen LogP contribution is 2.30. The van der Waals surface area contributed by atoms with E-state index in [4.69, 9.17) is 0 Å². The lowest BCUT2D eigenvalue weighted by Gasteiger charge is -2.22. The van der Waals surface area contributed by atoms with Crippen molar-refractivity contribution in [1.82, 2.24) is 0 Å². The molecule has 0 spiro atoms. The number of nitroso groups, excluding NO2 is 1. The van der Waals surface area contributed by atoms with E-state index in [9.17, 15) is 13.3 Å². The molecule has 0 aliphatic rings. The summed E-state index contributed by atoms with van der Waals surface area (Å²) in [6, 6.07) is 4.87. The van der Waals surface area contributed by atoms with Gasteiger partial charge in [-0.25, -0.2) is 8.42 Å². The predicted molar refractivity (Wildman–Crippen MR) is 81.2 cm³/mol. The zero-order valence-electron chi connectivity index (χ0n) is 11.1. The van der Waals surface area contributed by atoms with Crippen molar-refractivity contribution in [3.8, 4) is 0 Å². The van der Waals surface area contributed by atoms with Crippen LogP contribution < -0.4 is 9.62 Å². The first-order valence-electron chi connectivity index (χ1n) is 5.61. The second kappa shape index (κ2) is 7.30. The van der Waals surface area contributed by atoms with Gasteiger partial charge in [0.25, 0.3) is 0 Å². The van der Waals surface area contributed by atoms with Gasteiger partial charge in [0, 0.05) is 18.8 Å². The van der Waals surface area contributed by atoms with E-state index in [2.05, 4.69) is 9.90 Å². The fraction of sp³-hybridized carbons (Fsp3) is 0.455. The number of anilines is 2. The monoisotopic (exact) mass is 307 g/mol. The van der Waals surface area contributed by atoms with E-state index < -0.39 is 10.0 Å². The standard InChI is InChI=1S/C11H17N3O3S.ClH/c1-4-14(5-2)9-6-7-10(12-15)11(8-9)13-18(3,16)17;/h6-8,13H,4-5H2,1-3H3;1H. The molecule has 0 bridgehead atoms. The van der Waals surface area contributed by atoms with Crippen LogP contribution in [0.1, 0.15) is 13.8 Å². The minimum atomic E-state index is -3.43. The molecule has 108 valence electrons. The molecular weight excluding hydrogens is 290 g/mol. The van der Waals surface area contributed by atoms with E-state index in [0.29, 0.717) is 0 Å². The molecule has 0 radical (unpaired) electrons. The molecule has 1 rings (SSSR count). The molecule has 0 unspecified atom stereocenters. The number of sulfonamides is 1. The predicted octanol–water partition coefficient (Wildman–Crippen LogP) is 2.72. The molecule has 1 aromatic rings. The van der Waals surface area contributed by atoms with Crippen molar-refractivity contribution in [2.75, 3.05) is 29.0 Å². The van der Waals surface area contributed by atoms with E-state index in [1.165, 1.54) is 6.07 Å². The highest BCUT2D eigenvalue weighted by atomic mass is 35.5. The zero-order chi connectivity index (χ0) is 13.8. The summed E-state index contributed by atoms with van der Waals surface area (Å²) in [6.07, 6.45) is 1.03. The average Bonchev–Trinajstić information content (AvgIpc) is 2.29. The molecule has 0 atom stereocenters. The largest absolute Gasteiger partial charge is 0.372 e. The molecule has 19 heavy (non-hydrogen) atoms. The summed E-state index contributed by atoms with van der Waals surface area (Å²) in [5.41, 5.74) is 1.13. The lowest BCUT2D eigenvalue weighted by Crippen LogP contribution is -2.22. The van der Waals surface area contributed by atoms with E-state index in [0.717, 1.165) is 25.0 Å². The lowest BCUT2D eigenvalue weighted by molar-refractivity contribution is 0.607. The Morgan fingerprint density at radius 1 is 1.26 bits per heavy atom. The molecule has 0 aliphatic carbocycles. The maximum Gasteiger partial charge on any atom is 0.229 e. The highest BCUT2D eigenvalue weighted by Gasteiger charge is 2.11. The Bertz CT molecular complexity index is 530. The molecule has 1 N–H and O–H groups in total. The van der Waals surface area contributed by atoms with Crippen molar-refractivity contribution in [3.63, 3.8) is 0 Å². The second-order valence-corrected chi connectivity index (χ2v) is 5.59. The van der Waals surface area contributed by atoms with Gasteiger partial charge in [-0.3, -0.25) is 4.72 Å². The third-order valence-corrected chi connectivity index (χ3v) is 3.09. The minimum absolute atomic E-state index is 0. The molecule has 0 aliphatic heterocycles. The van der Waals surface area contributed by atoms with Crippen LogP contribution in [0.5, 0.6) is 0 Å². The van der Waals surface area contributed by atoms with Gasteiger partial charge < -0.3 is 4.90 Å². The Labute approximate surface area is 119 Å². The van der Waals surface area contributed by atoms with Crippen molar-refractivity contribution in [3.05, 3.63) is 23.1 Å². The van der Waals surface area contributed by atoms with Crippen LogP contribution in [0.3, 0.4) is 0 Å². The average molecular weight is 308 g/mol. The molecule has 8 heteroatoms. The summed E-state index contributed by atoms with van der Waals surface area (Å²) in [7, 11) is -3.43. The first-order valence-corrected chi connectivity index (χ1v) is 7.50. The van der Waals surface area contributed by atoms with Gasteiger partial charge in [0.05, 0.1) is 11.9 Å². The van der Waals surface area contributed by atoms with Gasteiger partial charge in [-0.1, -0.05) is 0 Å². The SMILES string of the molecule is CCN(CC)c1ccc(N=O)c(NS(C)(=O)=O)c1.Cl. The number of hydrogen-bond acceptors (Lipinski definition) is 5. The van der Waals surface area contributed by atoms with Crippen molar-refractivity contribution in [2.45, 2.75) is 13.8 Å². The van der Waals surface area contributed by atoms with Gasteiger partial charge in [-0.15, -0.1) is 17.3 Å². The Morgan fingerprint density at radius 3 is 2.26 bits per heavy atom. The van der Waals surface area contributed by atoms with Crippen molar-refractivity contribution in [2.24, 2.45) is 5.18 Å². The minimum Gasteiger partial charge on any atom is -0.372 e. The van der Waals surface area contributed by atoms with Gasteiger partial charge >= 0.3 is 0 Å². The van der Waals surface area contributed by atoms with Crippen molar-refractivity contribution in [1.29, 1.82) is 0 Å². The molecule has 0 heterocycles. The summed E-state index contributed by atoms with van der Waals surface area (Å²) < 4.78 is 24.7. The lowest BCUT2D eigenvalue weighted by atomic mass is 10.2. The summed E-state index contributed by atoms with van der Waals surface area (Å²) >= 11 is 0. The van der Waals surface area contributed by atoms with Crippen LogP contribution in [0.15, 0.2) is 23.4 Å². The van der Waals surface area contributed by atoms with Gasteiger partial charge in [0.15, 0.2) is 0 Å². The fourth-order valence-corrected chi connectivity index (χ4v) is 2.23. The summed E-state index contributed by atoms with van der Waals surface area (Å²) in [6.45, 7) is 5.59. The third kappa shape index (κ3) is 5.04. The Morgan fingerprint density at radius 2 is 1.84 bits per heavy atom. The first kappa shape index (κ1) is 17.7. The highest BCUT2D eigenvalue weighted by molar-refractivity contribution is 7.92. The van der Waals surface area contributed by atoms with Crippen LogP contribution in [0.4, 0.5) is 17.1 Å². The summed E-state index contributed by atoms with van der Waals surface area (Å²) in [5, 5.41) is 2.81. The maximum atomic E-state index is 11.2. The molecule has 0 fully saturated rings. The number of rotatable bonds is 6. The Kier molecular flexibility index (Phi) is 6.78. The summed E-state index contributed by atoms with van der Waals surface area (Å²) in [5.74, 6) is 0.